The smallest absolute Gasteiger partial charge is 0.270 e. The van der Waals surface area contributed by atoms with Crippen molar-refractivity contribution in [2.45, 2.75) is 13.0 Å². The van der Waals surface area contributed by atoms with Gasteiger partial charge in [0.05, 0.1) is 0 Å². The zero-order chi connectivity index (χ0) is 14.1. The molecule has 0 unspecified atom stereocenters. The molecule has 2 heterocycles. The van der Waals surface area contributed by atoms with E-state index >= 15 is 0 Å². The zero-order valence-electron chi connectivity index (χ0n) is 11.2. The number of pyridine rings is 1. The van der Waals surface area contributed by atoms with E-state index in [0.29, 0.717) is 17.6 Å². The first-order valence-electron chi connectivity index (χ1n) is 6.75. The Morgan fingerprint density at radius 3 is 2.70 bits per heavy atom. The van der Waals surface area contributed by atoms with E-state index in [-0.39, 0.29) is 11.5 Å². The lowest BCUT2D eigenvalue weighted by Crippen LogP contribution is -2.44. The van der Waals surface area contributed by atoms with Crippen LogP contribution in [0, 0.1) is 0 Å². The Labute approximate surface area is 116 Å². The standard InChI is InChI=1S/C16H16N2O2/c1-2-8-18-14(16(20)17-9-5-10-17)11-12-6-3-4-7-13(12)15(18)19/h2-4,6-7,11H,1,5,8-10H2. The third-order valence-corrected chi connectivity index (χ3v) is 3.69. The maximum atomic E-state index is 12.5. The van der Waals surface area contributed by atoms with Crippen molar-refractivity contribution in [1.82, 2.24) is 9.47 Å². The molecule has 2 aromatic rings. The lowest BCUT2D eigenvalue weighted by molar-refractivity contribution is 0.0640. The maximum absolute atomic E-state index is 12.5. The number of fused-ring (bicyclic) bond motifs is 1. The zero-order valence-corrected chi connectivity index (χ0v) is 11.2. The third kappa shape index (κ3) is 1.93. The van der Waals surface area contributed by atoms with Gasteiger partial charge in [-0.15, -0.1) is 6.58 Å². The molecule has 1 amide bonds. The number of hydrogen-bond donors (Lipinski definition) is 0. The minimum absolute atomic E-state index is 0.0686. The first-order valence-corrected chi connectivity index (χ1v) is 6.75. The van der Waals surface area contributed by atoms with Crippen LogP contribution in [-0.2, 0) is 6.54 Å². The van der Waals surface area contributed by atoms with Gasteiger partial charge in [-0.2, -0.15) is 0 Å². The predicted molar refractivity (Wildman–Crippen MR) is 78.9 cm³/mol. The summed E-state index contributed by atoms with van der Waals surface area (Å²) in [5.74, 6) is -0.0686. The van der Waals surface area contributed by atoms with Gasteiger partial charge < -0.3 is 4.90 Å². The van der Waals surface area contributed by atoms with Crippen LogP contribution in [0.15, 0.2) is 47.8 Å². The van der Waals surface area contributed by atoms with Crippen LogP contribution >= 0.6 is 0 Å². The van der Waals surface area contributed by atoms with Crippen LogP contribution in [0.1, 0.15) is 16.9 Å². The molecular formula is C16H16N2O2. The summed E-state index contributed by atoms with van der Waals surface area (Å²) < 4.78 is 1.51. The van der Waals surface area contributed by atoms with Gasteiger partial charge in [0.25, 0.3) is 11.5 Å². The number of nitrogens with zero attached hydrogens (tertiary/aromatic N) is 2. The highest BCUT2D eigenvalue weighted by Gasteiger charge is 2.24. The molecule has 0 radical (unpaired) electrons. The van der Waals surface area contributed by atoms with E-state index in [1.807, 2.05) is 18.2 Å². The van der Waals surface area contributed by atoms with Crippen molar-refractivity contribution >= 4 is 16.7 Å². The summed E-state index contributed by atoms with van der Waals surface area (Å²) in [5, 5.41) is 1.44. The highest BCUT2D eigenvalue weighted by molar-refractivity contribution is 5.97. The summed E-state index contributed by atoms with van der Waals surface area (Å²) in [4.78, 5) is 26.7. The lowest BCUT2D eigenvalue weighted by Gasteiger charge is -2.31. The highest BCUT2D eigenvalue weighted by atomic mass is 16.2. The molecule has 1 saturated heterocycles. The molecule has 0 bridgehead atoms. The van der Waals surface area contributed by atoms with E-state index in [4.69, 9.17) is 0 Å². The average molecular weight is 268 g/mol. The molecular weight excluding hydrogens is 252 g/mol. The molecule has 1 aliphatic rings. The van der Waals surface area contributed by atoms with Crippen LogP contribution in [0.2, 0.25) is 0 Å². The van der Waals surface area contributed by atoms with Crippen molar-refractivity contribution in [2.24, 2.45) is 0 Å². The molecule has 102 valence electrons. The maximum Gasteiger partial charge on any atom is 0.270 e. The number of rotatable bonds is 3. The monoisotopic (exact) mass is 268 g/mol. The molecule has 1 aromatic heterocycles. The third-order valence-electron chi connectivity index (χ3n) is 3.69. The second-order valence-electron chi connectivity index (χ2n) is 4.97. The highest BCUT2D eigenvalue weighted by Crippen LogP contribution is 2.16. The second kappa shape index (κ2) is 4.96. The molecule has 0 atom stereocenters. The fraction of sp³-hybridized carbons (Fsp3) is 0.250. The second-order valence-corrected chi connectivity index (χ2v) is 4.97. The Kier molecular flexibility index (Phi) is 3.14. The Morgan fingerprint density at radius 2 is 2.05 bits per heavy atom. The Balaban J connectivity index is 2.22. The molecule has 1 aromatic carbocycles. The minimum atomic E-state index is -0.133. The van der Waals surface area contributed by atoms with Crippen molar-refractivity contribution in [3.8, 4) is 0 Å². The van der Waals surface area contributed by atoms with E-state index < -0.39 is 0 Å². The first kappa shape index (κ1) is 12.7. The fourth-order valence-electron chi connectivity index (χ4n) is 2.47. The molecule has 1 fully saturated rings. The van der Waals surface area contributed by atoms with Gasteiger partial charge in [-0.05, 0) is 23.9 Å². The normalized spacial score (nSPS) is 14.1. The van der Waals surface area contributed by atoms with Crippen molar-refractivity contribution in [3.05, 3.63) is 59.0 Å². The van der Waals surface area contributed by atoms with Crippen molar-refractivity contribution in [3.63, 3.8) is 0 Å². The van der Waals surface area contributed by atoms with E-state index in [1.54, 1.807) is 23.1 Å². The van der Waals surface area contributed by atoms with Crippen LogP contribution in [0.4, 0.5) is 0 Å². The summed E-state index contributed by atoms with van der Waals surface area (Å²) >= 11 is 0. The van der Waals surface area contributed by atoms with E-state index in [2.05, 4.69) is 6.58 Å². The minimum Gasteiger partial charge on any atom is -0.337 e. The SMILES string of the molecule is C=CCn1c(C(=O)N2CCC2)cc2ccccc2c1=O. The number of carbonyl (C=O) groups excluding carboxylic acids is 1. The fourth-order valence-corrected chi connectivity index (χ4v) is 2.47. The number of hydrogen-bond acceptors (Lipinski definition) is 2. The van der Waals surface area contributed by atoms with Crippen LogP contribution in [0.3, 0.4) is 0 Å². The van der Waals surface area contributed by atoms with Crippen molar-refractivity contribution in [1.29, 1.82) is 0 Å². The predicted octanol–water partition coefficient (Wildman–Crippen LogP) is 2.03. The molecule has 4 heteroatoms. The summed E-state index contributed by atoms with van der Waals surface area (Å²) in [6, 6.07) is 9.16. The Bertz CT molecular complexity index is 742. The van der Waals surface area contributed by atoms with Crippen molar-refractivity contribution in [2.75, 3.05) is 13.1 Å². The van der Waals surface area contributed by atoms with Crippen LogP contribution < -0.4 is 5.56 Å². The number of benzene rings is 1. The summed E-state index contributed by atoms with van der Waals surface area (Å²) in [6.45, 7) is 5.56. The van der Waals surface area contributed by atoms with Crippen LogP contribution in [0.25, 0.3) is 10.8 Å². The molecule has 4 nitrogen and oxygen atoms in total. The molecule has 0 N–H and O–H groups in total. The molecule has 0 saturated carbocycles. The van der Waals surface area contributed by atoms with Gasteiger partial charge in [-0.1, -0.05) is 24.3 Å². The number of amides is 1. The van der Waals surface area contributed by atoms with Gasteiger partial charge in [-0.25, -0.2) is 0 Å². The van der Waals surface area contributed by atoms with Gasteiger partial charge in [0, 0.05) is 25.0 Å². The molecule has 0 spiro atoms. The van der Waals surface area contributed by atoms with Gasteiger partial charge in [0.15, 0.2) is 0 Å². The number of likely N-dealkylation sites (tertiary alicyclic amines) is 1. The summed E-state index contributed by atoms with van der Waals surface area (Å²) in [7, 11) is 0. The van der Waals surface area contributed by atoms with Gasteiger partial charge in [0.2, 0.25) is 0 Å². The Hall–Kier alpha value is -2.36. The summed E-state index contributed by atoms with van der Waals surface area (Å²) in [5.41, 5.74) is 0.320. The summed E-state index contributed by atoms with van der Waals surface area (Å²) in [6.07, 6.45) is 2.67. The number of carbonyl (C=O) groups is 1. The topological polar surface area (TPSA) is 42.3 Å². The average Bonchev–Trinajstić information content (AvgIpc) is 2.40. The van der Waals surface area contributed by atoms with Crippen molar-refractivity contribution < 1.29 is 4.79 Å². The molecule has 3 rings (SSSR count). The van der Waals surface area contributed by atoms with Crippen LogP contribution in [-0.4, -0.2) is 28.5 Å². The molecule has 0 aliphatic carbocycles. The molecule has 1 aliphatic heterocycles. The van der Waals surface area contributed by atoms with Gasteiger partial charge in [0.1, 0.15) is 5.69 Å². The Morgan fingerprint density at radius 1 is 1.30 bits per heavy atom. The van der Waals surface area contributed by atoms with E-state index in [1.165, 1.54) is 4.57 Å². The lowest BCUT2D eigenvalue weighted by atomic mass is 10.1. The number of allylic oxidation sites excluding steroid dienone is 1. The van der Waals surface area contributed by atoms with Gasteiger partial charge in [-0.3, -0.25) is 14.2 Å². The molecule has 20 heavy (non-hydrogen) atoms. The van der Waals surface area contributed by atoms with E-state index in [9.17, 15) is 9.59 Å². The largest absolute Gasteiger partial charge is 0.337 e. The van der Waals surface area contributed by atoms with Crippen LogP contribution in [0.5, 0.6) is 0 Å². The van der Waals surface area contributed by atoms with E-state index in [0.717, 1.165) is 24.9 Å². The van der Waals surface area contributed by atoms with Gasteiger partial charge >= 0.3 is 0 Å². The number of aromatic nitrogens is 1. The first-order chi connectivity index (χ1) is 9.72. The quantitative estimate of drug-likeness (QED) is 0.799.